The first-order valence-electron chi connectivity index (χ1n) is 4.74. The van der Waals surface area contributed by atoms with Crippen LogP contribution in [0.1, 0.15) is 39.5 Å². The molecule has 13 heavy (non-hydrogen) atoms. The summed E-state index contributed by atoms with van der Waals surface area (Å²) >= 11 is 0. The van der Waals surface area contributed by atoms with E-state index in [2.05, 4.69) is 18.8 Å². The Morgan fingerprint density at radius 3 is 2.23 bits per heavy atom. The van der Waals surface area contributed by atoms with E-state index in [1.165, 1.54) is 0 Å². The summed E-state index contributed by atoms with van der Waals surface area (Å²) in [4.78, 5) is 0. The molecule has 0 bridgehead atoms. The van der Waals surface area contributed by atoms with Crippen molar-refractivity contribution in [1.82, 2.24) is 0 Å². The van der Waals surface area contributed by atoms with E-state index in [0.29, 0.717) is 0 Å². The fourth-order valence-corrected chi connectivity index (χ4v) is 0.999. The minimum atomic E-state index is -0.437. The van der Waals surface area contributed by atoms with Crippen molar-refractivity contribution in [3.05, 3.63) is 0 Å². The van der Waals surface area contributed by atoms with Crippen LogP contribution in [0.4, 0.5) is 0 Å². The van der Waals surface area contributed by atoms with Gasteiger partial charge < -0.3 is 9.47 Å². The van der Waals surface area contributed by atoms with Gasteiger partial charge in [0, 0.05) is 33.5 Å². The van der Waals surface area contributed by atoms with Crippen molar-refractivity contribution in [2.24, 2.45) is 0 Å². The Labute approximate surface area is 81.6 Å². The van der Waals surface area contributed by atoms with Gasteiger partial charge in [0.2, 0.25) is 0 Å². The van der Waals surface area contributed by atoms with Crippen LogP contribution in [0.25, 0.3) is 0 Å². The molecule has 0 aromatic heterocycles. The third-order valence-electron chi connectivity index (χ3n) is 2.10. The number of unbranched alkanes of at least 4 members (excludes halogenated alkanes) is 1. The smallest absolute Gasteiger partial charge is 0.164 e. The van der Waals surface area contributed by atoms with E-state index in [1.54, 1.807) is 14.2 Å². The minimum Gasteiger partial charge on any atom is -0.353 e. The molecule has 0 unspecified atom stereocenters. The number of ether oxygens (including phenoxy) is 2. The van der Waals surface area contributed by atoms with Gasteiger partial charge in [0.15, 0.2) is 5.79 Å². The molecule has 0 aromatic rings. The highest BCUT2D eigenvalue weighted by molar-refractivity contribution is 4.97. The van der Waals surface area contributed by atoms with Crippen LogP contribution in [-0.4, -0.2) is 20.0 Å². The van der Waals surface area contributed by atoms with Crippen LogP contribution in [0.3, 0.4) is 0 Å². The Balaban J connectivity index is 3.61. The predicted octanol–water partition coefficient (Wildman–Crippen LogP) is 2.58. The number of hydrogen-bond donors (Lipinski definition) is 0. The van der Waals surface area contributed by atoms with Crippen LogP contribution in [0.15, 0.2) is 0 Å². The largest absolute Gasteiger partial charge is 0.353 e. The van der Waals surface area contributed by atoms with Crippen molar-refractivity contribution in [3.8, 4) is 11.8 Å². The Morgan fingerprint density at radius 1 is 1.15 bits per heavy atom. The molecule has 0 radical (unpaired) electrons. The lowest BCUT2D eigenvalue weighted by Gasteiger charge is -2.25. The van der Waals surface area contributed by atoms with Crippen LogP contribution in [-0.2, 0) is 9.47 Å². The molecule has 0 spiro atoms. The molecular weight excluding hydrogens is 164 g/mol. The normalized spacial score (nSPS) is 10.8. The summed E-state index contributed by atoms with van der Waals surface area (Å²) in [7, 11) is 3.34. The summed E-state index contributed by atoms with van der Waals surface area (Å²) in [6.45, 7) is 4.00. The maximum absolute atomic E-state index is 5.22. The summed E-state index contributed by atoms with van der Waals surface area (Å²) in [6.07, 6.45) is 3.77. The lowest BCUT2D eigenvalue weighted by Crippen LogP contribution is -2.29. The maximum atomic E-state index is 5.22. The standard InChI is InChI=1S/C11H20O2/c1-5-6-7-8-9-10-11(2,12-3)13-4/h5,8-10H2,1-4H3. The zero-order valence-electron chi connectivity index (χ0n) is 9.14. The van der Waals surface area contributed by atoms with Gasteiger partial charge in [0.25, 0.3) is 0 Å². The van der Waals surface area contributed by atoms with E-state index in [1.807, 2.05) is 6.92 Å². The van der Waals surface area contributed by atoms with E-state index < -0.39 is 5.79 Å². The molecular formula is C11H20O2. The number of methoxy groups -OCH3 is 2. The van der Waals surface area contributed by atoms with Crippen molar-refractivity contribution >= 4 is 0 Å². The molecule has 0 rings (SSSR count). The Hall–Kier alpha value is -0.520. The molecule has 0 saturated heterocycles. The van der Waals surface area contributed by atoms with Gasteiger partial charge in [-0.1, -0.05) is 6.92 Å². The molecule has 0 atom stereocenters. The fourth-order valence-electron chi connectivity index (χ4n) is 0.999. The van der Waals surface area contributed by atoms with E-state index in [9.17, 15) is 0 Å². The summed E-state index contributed by atoms with van der Waals surface area (Å²) in [5, 5.41) is 0. The highest BCUT2D eigenvalue weighted by Gasteiger charge is 2.20. The molecule has 0 fully saturated rings. The minimum absolute atomic E-state index is 0.437. The van der Waals surface area contributed by atoms with Crippen LogP contribution >= 0.6 is 0 Å². The second-order valence-corrected chi connectivity index (χ2v) is 3.10. The molecule has 0 saturated carbocycles. The second kappa shape index (κ2) is 6.94. The summed E-state index contributed by atoms with van der Waals surface area (Å²) < 4.78 is 10.4. The van der Waals surface area contributed by atoms with E-state index in [4.69, 9.17) is 9.47 Å². The highest BCUT2D eigenvalue weighted by atomic mass is 16.7. The zero-order chi connectivity index (χ0) is 10.2. The lowest BCUT2D eigenvalue weighted by molar-refractivity contribution is -0.197. The molecule has 0 heterocycles. The molecule has 0 amide bonds. The maximum Gasteiger partial charge on any atom is 0.164 e. The van der Waals surface area contributed by atoms with Gasteiger partial charge in [-0.3, -0.25) is 0 Å². The Bertz CT molecular complexity index is 172. The van der Waals surface area contributed by atoms with E-state index in [-0.39, 0.29) is 0 Å². The second-order valence-electron chi connectivity index (χ2n) is 3.10. The van der Waals surface area contributed by atoms with Gasteiger partial charge in [-0.25, -0.2) is 0 Å². The van der Waals surface area contributed by atoms with Gasteiger partial charge in [0.1, 0.15) is 0 Å². The third kappa shape index (κ3) is 5.68. The molecule has 0 aliphatic carbocycles. The Morgan fingerprint density at radius 2 is 1.77 bits per heavy atom. The summed E-state index contributed by atoms with van der Waals surface area (Å²) in [5.74, 6) is 5.70. The first-order chi connectivity index (χ1) is 6.18. The van der Waals surface area contributed by atoms with Gasteiger partial charge >= 0.3 is 0 Å². The Kier molecular flexibility index (Phi) is 6.66. The van der Waals surface area contributed by atoms with Gasteiger partial charge in [-0.15, -0.1) is 11.8 Å². The molecule has 0 aliphatic heterocycles. The van der Waals surface area contributed by atoms with Crippen molar-refractivity contribution in [1.29, 1.82) is 0 Å². The van der Waals surface area contributed by atoms with Crippen LogP contribution in [0.2, 0.25) is 0 Å². The van der Waals surface area contributed by atoms with Gasteiger partial charge in [-0.2, -0.15) is 0 Å². The monoisotopic (exact) mass is 184 g/mol. The first kappa shape index (κ1) is 12.5. The predicted molar refractivity (Wildman–Crippen MR) is 54.3 cm³/mol. The molecule has 0 aliphatic rings. The lowest BCUT2D eigenvalue weighted by atomic mass is 10.1. The van der Waals surface area contributed by atoms with Crippen molar-refractivity contribution in [3.63, 3.8) is 0 Å². The average Bonchev–Trinajstić information content (AvgIpc) is 2.17. The van der Waals surface area contributed by atoms with Crippen molar-refractivity contribution < 1.29 is 9.47 Å². The van der Waals surface area contributed by atoms with Crippen LogP contribution < -0.4 is 0 Å². The van der Waals surface area contributed by atoms with Crippen molar-refractivity contribution in [2.75, 3.05) is 14.2 Å². The zero-order valence-corrected chi connectivity index (χ0v) is 9.14. The van der Waals surface area contributed by atoms with Gasteiger partial charge in [0.05, 0.1) is 0 Å². The average molecular weight is 184 g/mol. The molecule has 0 aromatic carbocycles. The quantitative estimate of drug-likeness (QED) is 0.371. The fraction of sp³-hybridized carbons (Fsp3) is 0.818. The molecule has 76 valence electrons. The number of rotatable bonds is 5. The molecule has 2 nitrogen and oxygen atoms in total. The van der Waals surface area contributed by atoms with E-state index in [0.717, 1.165) is 25.7 Å². The van der Waals surface area contributed by atoms with E-state index >= 15 is 0 Å². The molecule has 0 N–H and O–H groups in total. The topological polar surface area (TPSA) is 18.5 Å². The highest BCUT2D eigenvalue weighted by Crippen LogP contribution is 2.17. The van der Waals surface area contributed by atoms with Crippen molar-refractivity contribution in [2.45, 2.75) is 45.3 Å². The van der Waals surface area contributed by atoms with Crippen LogP contribution in [0, 0.1) is 11.8 Å². The number of hydrogen-bond acceptors (Lipinski definition) is 2. The summed E-state index contributed by atoms with van der Waals surface area (Å²) in [5.41, 5.74) is 0. The van der Waals surface area contributed by atoms with Gasteiger partial charge in [-0.05, 0) is 13.3 Å². The molecule has 2 heteroatoms. The summed E-state index contributed by atoms with van der Waals surface area (Å²) in [6, 6.07) is 0. The third-order valence-corrected chi connectivity index (χ3v) is 2.10. The SMILES string of the molecule is CCC#CCCCC(C)(OC)OC. The first-order valence-corrected chi connectivity index (χ1v) is 4.74. The van der Waals surface area contributed by atoms with Crippen LogP contribution in [0.5, 0.6) is 0 Å².